The number of para-hydroxylation sites is 1. The fourth-order valence-corrected chi connectivity index (χ4v) is 8.69. The molecular weight excluding hydrogens is 306 g/mol. The largest absolute Gasteiger partial charge is 0.344 e. The lowest BCUT2D eigenvalue weighted by Crippen LogP contribution is -2.53. The molecule has 1 fully saturated rings. The molecule has 2 heteroatoms. The molecule has 24 heavy (non-hydrogen) atoms. The van der Waals surface area contributed by atoms with Crippen LogP contribution in [0.5, 0.6) is 0 Å². The molecule has 2 aromatic carbocycles. The molecule has 122 valence electrons. The summed E-state index contributed by atoms with van der Waals surface area (Å²) in [5, 5.41) is 4.80. The fourth-order valence-electron chi connectivity index (χ4n) is 5.24. The molecule has 1 aromatic heterocycles. The third kappa shape index (κ3) is 1.81. The van der Waals surface area contributed by atoms with E-state index in [1.807, 2.05) is 0 Å². The van der Waals surface area contributed by atoms with Crippen molar-refractivity contribution in [2.24, 2.45) is 0 Å². The second-order valence-corrected chi connectivity index (χ2v) is 12.3. The average Bonchev–Trinajstić information content (AvgIpc) is 3.08. The van der Waals surface area contributed by atoms with Gasteiger partial charge in [-0.1, -0.05) is 74.8 Å². The highest BCUT2D eigenvalue weighted by atomic mass is 28.3. The molecule has 1 aliphatic heterocycles. The van der Waals surface area contributed by atoms with Crippen molar-refractivity contribution >= 4 is 29.5 Å². The third-order valence-corrected chi connectivity index (χ3v) is 9.77. The Morgan fingerprint density at radius 2 is 1.58 bits per heavy atom. The van der Waals surface area contributed by atoms with Crippen LogP contribution in [0, 0.1) is 0 Å². The molecule has 0 unspecified atom stereocenters. The normalized spacial score (nSPS) is 19.4. The van der Waals surface area contributed by atoms with Gasteiger partial charge < -0.3 is 4.57 Å². The Morgan fingerprint density at radius 3 is 2.42 bits per heavy atom. The highest BCUT2D eigenvalue weighted by molar-refractivity contribution is 7.03. The zero-order valence-electron chi connectivity index (χ0n) is 14.7. The van der Waals surface area contributed by atoms with Crippen LogP contribution in [0.1, 0.15) is 38.1 Å². The van der Waals surface area contributed by atoms with Crippen molar-refractivity contribution in [3.63, 3.8) is 0 Å². The molecule has 0 atom stereocenters. The summed E-state index contributed by atoms with van der Waals surface area (Å²) in [5.74, 6) is 0. The van der Waals surface area contributed by atoms with E-state index in [1.54, 1.807) is 16.1 Å². The Balaban J connectivity index is 1.88. The lowest BCUT2D eigenvalue weighted by Gasteiger charge is -2.30. The Morgan fingerprint density at radius 1 is 0.875 bits per heavy atom. The van der Waals surface area contributed by atoms with E-state index in [9.17, 15) is 0 Å². The van der Waals surface area contributed by atoms with Gasteiger partial charge in [0.1, 0.15) is 8.07 Å². The Hall–Kier alpha value is -1.80. The maximum absolute atomic E-state index is 2.79. The number of hydrogen-bond acceptors (Lipinski definition) is 0. The predicted octanol–water partition coefficient (Wildman–Crippen LogP) is 4.95. The SMILES string of the molecule is C[Si]1(C)c2ccccc2-c2c1n(C1CCCCC1)c1ccccc21. The zero-order valence-corrected chi connectivity index (χ0v) is 15.7. The van der Waals surface area contributed by atoms with Crippen molar-refractivity contribution in [1.29, 1.82) is 0 Å². The van der Waals surface area contributed by atoms with Gasteiger partial charge in [-0.3, -0.25) is 0 Å². The van der Waals surface area contributed by atoms with E-state index < -0.39 is 8.07 Å². The van der Waals surface area contributed by atoms with E-state index in [-0.39, 0.29) is 0 Å². The van der Waals surface area contributed by atoms with Gasteiger partial charge in [0.15, 0.2) is 0 Å². The molecule has 0 spiro atoms. The minimum Gasteiger partial charge on any atom is -0.344 e. The molecule has 0 bridgehead atoms. The van der Waals surface area contributed by atoms with E-state index in [0.717, 1.165) is 0 Å². The summed E-state index contributed by atoms with van der Waals surface area (Å²) < 4.78 is 2.79. The Labute approximate surface area is 145 Å². The van der Waals surface area contributed by atoms with Crippen molar-refractivity contribution in [2.45, 2.75) is 51.2 Å². The van der Waals surface area contributed by atoms with E-state index in [0.29, 0.717) is 6.04 Å². The van der Waals surface area contributed by atoms with Gasteiger partial charge in [-0.15, -0.1) is 0 Å². The summed E-state index contributed by atoms with van der Waals surface area (Å²) in [5.41, 5.74) is 4.54. The van der Waals surface area contributed by atoms with Crippen LogP contribution in [0.25, 0.3) is 22.0 Å². The lowest BCUT2D eigenvalue weighted by atomic mass is 9.95. The average molecular weight is 332 g/mol. The maximum Gasteiger partial charge on any atom is 0.134 e. The van der Waals surface area contributed by atoms with Gasteiger partial charge in [-0.25, -0.2) is 0 Å². The van der Waals surface area contributed by atoms with Gasteiger partial charge in [0.05, 0.1) is 0 Å². The molecule has 0 radical (unpaired) electrons. The van der Waals surface area contributed by atoms with E-state index >= 15 is 0 Å². The first-order valence-corrected chi connectivity index (χ1v) is 12.4. The second kappa shape index (κ2) is 5.09. The molecule has 0 amide bonds. The molecule has 0 N–H and O–H groups in total. The summed E-state index contributed by atoms with van der Waals surface area (Å²) in [7, 11) is -1.63. The number of hydrogen-bond donors (Lipinski definition) is 0. The number of fused-ring (bicyclic) bond motifs is 5. The molecule has 2 heterocycles. The van der Waals surface area contributed by atoms with Crippen molar-refractivity contribution in [3.05, 3.63) is 48.5 Å². The fraction of sp³-hybridized carbons (Fsp3) is 0.364. The Bertz CT molecular complexity index is 928. The first kappa shape index (κ1) is 14.5. The van der Waals surface area contributed by atoms with Gasteiger partial charge in [-0.2, -0.15) is 0 Å². The summed E-state index contributed by atoms with van der Waals surface area (Å²) in [4.78, 5) is 0. The Kier molecular flexibility index (Phi) is 3.08. The van der Waals surface area contributed by atoms with Crippen LogP contribution >= 0.6 is 0 Å². The maximum atomic E-state index is 2.79. The van der Waals surface area contributed by atoms with E-state index in [1.165, 1.54) is 48.6 Å². The lowest BCUT2D eigenvalue weighted by molar-refractivity contribution is 0.365. The van der Waals surface area contributed by atoms with Gasteiger partial charge in [0.2, 0.25) is 0 Å². The molecule has 3 aromatic rings. The van der Waals surface area contributed by atoms with Crippen LogP contribution in [-0.4, -0.2) is 12.6 Å². The summed E-state index contributed by atoms with van der Waals surface area (Å²) >= 11 is 0. The molecule has 2 aliphatic rings. The molecule has 1 aliphatic carbocycles. The summed E-state index contributed by atoms with van der Waals surface area (Å²) in [6.45, 7) is 5.10. The third-order valence-electron chi connectivity index (χ3n) is 6.31. The predicted molar refractivity (Wildman–Crippen MR) is 106 cm³/mol. The number of rotatable bonds is 1. The molecule has 0 saturated heterocycles. The topological polar surface area (TPSA) is 4.93 Å². The monoisotopic (exact) mass is 331 g/mol. The van der Waals surface area contributed by atoms with Crippen LogP contribution in [0.2, 0.25) is 13.1 Å². The quantitative estimate of drug-likeness (QED) is 0.556. The first-order valence-electron chi connectivity index (χ1n) is 9.43. The highest BCUT2D eigenvalue weighted by Crippen LogP contribution is 2.40. The van der Waals surface area contributed by atoms with Crippen LogP contribution in [-0.2, 0) is 0 Å². The number of aromatic nitrogens is 1. The molecule has 1 saturated carbocycles. The highest BCUT2D eigenvalue weighted by Gasteiger charge is 2.43. The summed E-state index contributed by atoms with van der Waals surface area (Å²) in [6.07, 6.45) is 6.90. The van der Waals surface area contributed by atoms with Crippen LogP contribution in [0.3, 0.4) is 0 Å². The van der Waals surface area contributed by atoms with Crippen LogP contribution in [0.15, 0.2) is 48.5 Å². The minimum atomic E-state index is -1.63. The van der Waals surface area contributed by atoms with E-state index in [2.05, 4.69) is 66.2 Å². The van der Waals surface area contributed by atoms with Crippen molar-refractivity contribution in [1.82, 2.24) is 4.57 Å². The van der Waals surface area contributed by atoms with Gasteiger partial charge in [0, 0.05) is 27.8 Å². The number of nitrogens with zero attached hydrogens (tertiary/aromatic N) is 1. The van der Waals surface area contributed by atoms with E-state index in [4.69, 9.17) is 0 Å². The van der Waals surface area contributed by atoms with Crippen molar-refractivity contribution < 1.29 is 0 Å². The minimum absolute atomic E-state index is 0.702. The smallest absolute Gasteiger partial charge is 0.134 e. The van der Waals surface area contributed by atoms with Crippen molar-refractivity contribution in [2.75, 3.05) is 0 Å². The van der Waals surface area contributed by atoms with Crippen LogP contribution < -0.4 is 10.5 Å². The van der Waals surface area contributed by atoms with Gasteiger partial charge in [0.25, 0.3) is 0 Å². The van der Waals surface area contributed by atoms with Crippen molar-refractivity contribution in [3.8, 4) is 11.1 Å². The second-order valence-electron chi connectivity index (χ2n) is 8.07. The summed E-state index contributed by atoms with van der Waals surface area (Å²) in [6, 6.07) is 19.0. The molecule has 1 nitrogen and oxygen atoms in total. The standard InChI is InChI=1S/C22H25NSi/c1-24(2)20-15-9-7-13-18(20)21-17-12-6-8-14-19(17)23(22(21)24)16-10-4-3-5-11-16/h6-9,12-16H,3-5,10-11H2,1-2H3. The molecule has 5 rings (SSSR count). The van der Waals surface area contributed by atoms with Crippen LogP contribution in [0.4, 0.5) is 0 Å². The molecular formula is C22H25NSi. The van der Waals surface area contributed by atoms with Gasteiger partial charge >= 0.3 is 0 Å². The first-order chi connectivity index (χ1) is 11.7. The zero-order chi connectivity index (χ0) is 16.3. The number of benzene rings is 2. The van der Waals surface area contributed by atoms with Gasteiger partial charge in [-0.05, 0) is 29.7 Å².